The molecule has 1 amide bonds. The minimum absolute atomic E-state index is 0.0703. The van der Waals surface area contributed by atoms with E-state index in [2.05, 4.69) is 5.32 Å². The Kier molecular flexibility index (Phi) is 6.12. The third kappa shape index (κ3) is 4.40. The monoisotopic (exact) mass is 303 g/mol. The summed E-state index contributed by atoms with van der Waals surface area (Å²) in [6.07, 6.45) is -0.0886. The number of hydrogen-bond acceptors (Lipinski definition) is 3. The van der Waals surface area contributed by atoms with Gasteiger partial charge in [-0.05, 0) is 25.5 Å². The van der Waals surface area contributed by atoms with Crippen LogP contribution in [0.4, 0.5) is 0 Å². The van der Waals surface area contributed by atoms with Gasteiger partial charge in [-0.25, -0.2) is 4.79 Å². The molecule has 1 aromatic rings. The summed E-state index contributed by atoms with van der Waals surface area (Å²) in [5.74, 6) is -1.06. The molecule has 0 aliphatic heterocycles. The van der Waals surface area contributed by atoms with Gasteiger partial charge in [-0.1, -0.05) is 36.2 Å². The van der Waals surface area contributed by atoms with Crippen LogP contribution in [0, 0.1) is 0 Å². The van der Waals surface area contributed by atoms with Crippen molar-refractivity contribution in [2.24, 2.45) is 0 Å². The predicted octanol–water partition coefficient (Wildman–Crippen LogP) is 3.06. The molecule has 4 nitrogen and oxygen atoms in total. The fraction of sp³-hybridized carbons (Fsp3) is 0.385. The van der Waals surface area contributed by atoms with Gasteiger partial charge in [0.1, 0.15) is 0 Å². The lowest BCUT2D eigenvalue weighted by Gasteiger charge is -2.14. The van der Waals surface area contributed by atoms with E-state index in [1.54, 1.807) is 6.07 Å². The number of hydrogen-bond donors (Lipinski definition) is 1. The maximum absolute atomic E-state index is 11.9. The van der Waals surface area contributed by atoms with E-state index in [9.17, 15) is 9.59 Å². The Balaban J connectivity index is 2.72. The smallest absolute Gasteiger partial charge is 0.341 e. The zero-order chi connectivity index (χ0) is 14.4. The van der Waals surface area contributed by atoms with Crippen molar-refractivity contribution in [1.82, 2.24) is 5.32 Å². The van der Waals surface area contributed by atoms with Gasteiger partial charge in [0.05, 0.1) is 15.6 Å². The van der Waals surface area contributed by atoms with E-state index in [1.165, 1.54) is 19.1 Å². The molecule has 0 radical (unpaired) electrons. The van der Waals surface area contributed by atoms with E-state index in [0.29, 0.717) is 6.54 Å². The number of esters is 1. The summed E-state index contributed by atoms with van der Waals surface area (Å²) in [5, 5.41) is 3.02. The fourth-order valence-electron chi connectivity index (χ4n) is 1.36. The van der Waals surface area contributed by atoms with Gasteiger partial charge in [-0.3, -0.25) is 4.79 Å². The van der Waals surface area contributed by atoms with Crippen LogP contribution in [0.1, 0.15) is 30.6 Å². The molecule has 19 heavy (non-hydrogen) atoms. The van der Waals surface area contributed by atoms with Crippen LogP contribution in [0.15, 0.2) is 18.2 Å². The minimum atomic E-state index is -0.897. The molecule has 1 N–H and O–H groups in total. The number of carbonyl (C=O) groups excluding carboxylic acids is 2. The van der Waals surface area contributed by atoms with Crippen LogP contribution in [0.25, 0.3) is 0 Å². The topological polar surface area (TPSA) is 55.4 Å². The summed E-state index contributed by atoms with van der Waals surface area (Å²) >= 11 is 11.8. The summed E-state index contributed by atoms with van der Waals surface area (Å²) in [7, 11) is 0. The van der Waals surface area contributed by atoms with Crippen LogP contribution in [-0.4, -0.2) is 24.5 Å². The quantitative estimate of drug-likeness (QED) is 0.851. The van der Waals surface area contributed by atoms with Gasteiger partial charge in [-0.2, -0.15) is 0 Å². The van der Waals surface area contributed by atoms with Gasteiger partial charge < -0.3 is 10.1 Å². The highest BCUT2D eigenvalue weighted by Crippen LogP contribution is 2.25. The first-order valence-electron chi connectivity index (χ1n) is 5.90. The van der Waals surface area contributed by atoms with Crippen molar-refractivity contribution in [3.63, 3.8) is 0 Å². The SMILES string of the molecule is CCCNC(=O)C(C)OC(=O)c1c(Cl)cccc1Cl. The number of rotatable bonds is 5. The largest absolute Gasteiger partial charge is 0.449 e. The van der Waals surface area contributed by atoms with Crippen molar-refractivity contribution in [2.45, 2.75) is 26.4 Å². The molecule has 0 aromatic heterocycles. The first-order chi connectivity index (χ1) is 8.97. The van der Waals surface area contributed by atoms with Gasteiger partial charge in [-0.15, -0.1) is 0 Å². The van der Waals surface area contributed by atoms with Crippen LogP contribution >= 0.6 is 23.2 Å². The van der Waals surface area contributed by atoms with Crippen LogP contribution < -0.4 is 5.32 Å². The Morgan fingerprint density at radius 1 is 1.32 bits per heavy atom. The van der Waals surface area contributed by atoms with Crippen molar-refractivity contribution in [3.8, 4) is 0 Å². The molecular formula is C13H15Cl2NO3. The molecule has 0 saturated heterocycles. The molecule has 0 aliphatic carbocycles. The average molecular weight is 304 g/mol. The molecule has 6 heteroatoms. The molecule has 1 aromatic carbocycles. The molecule has 0 heterocycles. The molecular weight excluding hydrogens is 289 g/mol. The van der Waals surface area contributed by atoms with Gasteiger partial charge in [0.15, 0.2) is 6.10 Å². The molecule has 0 saturated carbocycles. The van der Waals surface area contributed by atoms with Crippen LogP contribution in [-0.2, 0) is 9.53 Å². The van der Waals surface area contributed by atoms with E-state index in [0.717, 1.165) is 6.42 Å². The standard InChI is InChI=1S/C13H15Cl2NO3/c1-3-7-16-12(17)8(2)19-13(18)11-9(14)5-4-6-10(11)15/h4-6,8H,3,7H2,1-2H3,(H,16,17). The molecule has 1 unspecified atom stereocenters. The second-order valence-electron chi connectivity index (χ2n) is 3.94. The van der Waals surface area contributed by atoms with E-state index in [4.69, 9.17) is 27.9 Å². The lowest BCUT2D eigenvalue weighted by molar-refractivity contribution is -0.129. The number of ether oxygens (including phenoxy) is 1. The Bertz CT molecular complexity index is 457. The average Bonchev–Trinajstić information content (AvgIpc) is 2.35. The number of amides is 1. The van der Waals surface area contributed by atoms with Crippen LogP contribution in [0.3, 0.4) is 0 Å². The van der Waals surface area contributed by atoms with Gasteiger partial charge >= 0.3 is 5.97 Å². The molecule has 0 bridgehead atoms. The number of halogens is 2. The number of carbonyl (C=O) groups is 2. The predicted molar refractivity (Wildman–Crippen MR) is 74.6 cm³/mol. The first kappa shape index (κ1) is 15.8. The second-order valence-corrected chi connectivity index (χ2v) is 4.75. The summed E-state index contributed by atoms with van der Waals surface area (Å²) in [6, 6.07) is 4.69. The lowest BCUT2D eigenvalue weighted by Crippen LogP contribution is -2.36. The minimum Gasteiger partial charge on any atom is -0.449 e. The van der Waals surface area contributed by atoms with E-state index >= 15 is 0 Å². The van der Waals surface area contributed by atoms with Crippen molar-refractivity contribution in [1.29, 1.82) is 0 Å². The Labute approximate surface area is 122 Å². The first-order valence-corrected chi connectivity index (χ1v) is 6.65. The molecule has 104 valence electrons. The fourth-order valence-corrected chi connectivity index (χ4v) is 1.91. The summed E-state index contributed by atoms with van der Waals surface area (Å²) in [4.78, 5) is 23.5. The zero-order valence-corrected chi connectivity index (χ0v) is 12.2. The van der Waals surface area contributed by atoms with Crippen molar-refractivity contribution < 1.29 is 14.3 Å². The molecule has 0 fully saturated rings. The Hall–Kier alpha value is -1.26. The van der Waals surface area contributed by atoms with E-state index < -0.39 is 12.1 Å². The Morgan fingerprint density at radius 3 is 2.42 bits per heavy atom. The number of benzene rings is 1. The normalized spacial score (nSPS) is 11.8. The van der Waals surface area contributed by atoms with E-state index in [1.807, 2.05) is 6.92 Å². The highest BCUT2D eigenvalue weighted by Gasteiger charge is 2.22. The van der Waals surface area contributed by atoms with Crippen molar-refractivity contribution >= 4 is 35.1 Å². The summed E-state index contributed by atoms with van der Waals surface area (Å²) in [5.41, 5.74) is 0.0703. The van der Waals surface area contributed by atoms with Crippen LogP contribution in [0.2, 0.25) is 10.0 Å². The molecule has 1 rings (SSSR count). The highest BCUT2D eigenvalue weighted by atomic mass is 35.5. The lowest BCUT2D eigenvalue weighted by atomic mass is 10.2. The van der Waals surface area contributed by atoms with E-state index in [-0.39, 0.29) is 21.5 Å². The van der Waals surface area contributed by atoms with Crippen molar-refractivity contribution in [2.75, 3.05) is 6.54 Å². The third-order valence-corrected chi connectivity index (χ3v) is 3.00. The van der Waals surface area contributed by atoms with Crippen molar-refractivity contribution in [3.05, 3.63) is 33.8 Å². The maximum atomic E-state index is 11.9. The maximum Gasteiger partial charge on any atom is 0.341 e. The summed E-state index contributed by atoms with van der Waals surface area (Å²) < 4.78 is 5.04. The molecule has 0 aliphatic rings. The number of nitrogens with one attached hydrogen (secondary N) is 1. The van der Waals surface area contributed by atoms with Gasteiger partial charge in [0.25, 0.3) is 5.91 Å². The van der Waals surface area contributed by atoms with Gasteiger partial charge in [0.2, 0.25) is 0 Å². The third-order valence-electron chi connectivity index (χ3n) is 2.37. The molecule has 1 atom stereocenters. The zero-order valence-electron chi connectivity index (χ0n) is 10.7. The second kappa shape index (κ2) is 7.36. The van der Waals surface area contributed by atoms with Crippen LogP contribution in [0.5, 0.6) is 0 Å². The van der Waals surface area contributed by atoms with Gasteiger partial charge in [0, 0.05) is 6.54 Å². The molecule has 0 spiro atoms. The summed E-state index contributed by atoms with van der Waals surface area (Å²) in [6.45, 7) is 3.96. The Morgan fingerprint density at radius 2 is 1.89 bits per heavy atom. The highest BCUT2D eigenvalue weighted by molar-refractivity contribution is 6.39.